The quantitative estimate of drug-likeness (QED) is 0.274. The summed E-state index contributed by atoms with van der Waals surface area (Å²) in [7, 11) is 3.85. The smallest absolute Gasteiger partial charge is 0.274 e. The maximum atomic E-state index is 15.4. The molecule has 0 unspecified atom stereocenters. The van der Waals surface area contributed by atoms with Crippen molar-refractivity contribution in [2.75, 3.05) is 36.9 Å². The Morgan fingerprint density at radius 2 is 1.78 bits per heavy atom. The first-order valence-corrected chi connectivity index (χ1v) is 16.5. The lowest BCUT2D eigenvalue weighted by Crippen LogP contribution is -2.41. The van der Waals surface area contributed by atoms with Crippen LogP contribution >= 0.6 is 0 Å². The minimum Gasteiger partial charge on any atom is -0.339 e. The summed E-state index contributed by atoms with van der Waals surface area (Å²) in [5, 5.41) is 3.22. The molecule has 7 rings (SSSR count). The van der Waals surface area contributed by atoms with Crippen LogP contribution in [-0.2, 0) is 32.9 Å². The predicted octanol–water partition coefficient (Wildman–Crippen LogP) is 6.29. The van der Waals surface area contributed by atoms with E-state index in [-0.39, 0.29) is 16.9 Å². The molecule has 1 N–H and O–H groups in total. The Morgan fingerprint density at radius 3 is 2.50 bits per heavy atom. The third-order valence-corrected chi connectivity index (χ3v) is 10.2. The number of fused-ring (bicyclic) bond motifs is 3. The highest BCUT2D eigenvalue weighted by Gasteiger charge is 2.37. The highest BCUT2D eigenvalue weighted by molar-refractivity contribution is 6.07. The standard InChI is InChI=1S/C37H43FN6O2/c1-6-28-29(17-27(38)18-31(28)44-14-13-43-32(36(44)46)16-25-19-37(2,3)20-33(25)43)26-15-30(35(45)42(5)22-26)40-34-8-7-24(21-39-34)23-9-11-41(4)12-10-23/h7-8,15-18,21-23H,6,9-14,19-20H2,1-5H3,(H,39,40). The summed E-state index contributed by atoms with van der Waals surface area (Å²) in [6.07, 6.45) is 8.37. The van der Waals surface area contributed by atoms with Gasteiger partial charge in [0.05, 0.1) is 5.69 Å². The van der Waals surface area contributed by atoms with E-state index in [1.807, 2.05) is 25.3 Å². The number of benzene rings is 1. The number of hydrogen-bond acceptors (Lipinski definition) is 5. The van der Waals surface area contributed by atoms with Crippen LogP contribution in [0.2, 0.25) is 0 Å². The molecule has 0 saturated carbocycles. The number of nitrogens with zero attached hydrogens (tertiary/aromatic N) is 5. The molecule has 1 aromatic carbocycles. The molecule has 0 radical (unpaired) electrons. The Balaban J connectivity index is 1.20. The predicted molar refractivity (Wildman–Crippen MR) is 181 cm³/mol. The molecule has 0 atom stereocenters. The van der Waals surface area contributed by atoms with Gasteiger partial charge in [-0.15, -0.1) is 0 Å². The molecular formula is C37H43FN6O2. The largest absolute Gasteiger partial charge is 0.339 e. The van der Waals surface area contributed by atoms with E-state index >= 15 is 4.39 Å². The van der Waals surface area contributed by atoms with Gasteiger partial charge in [-0.05, 0) is 116 Å². The number of piperidine rings is 1. The lowest BCUT2D eigenvalue weighted by atomic mass is 9.90. The van der Waals surface area contributed by atoms with E-state index in [9.17, 15) is 9.59 Å². The number of anilines is 3. The van der Waals surface area contributed by atoms with E-state index in [1.54, 1.807) is 24.2 Å². The van der Waals surface area contributed by atoms with Gasteiger partial charge in [0.25, 0.3) is 11.5 Å². The first-order chi connectivity index (χ1) is 22.0. The summed E-state index contributed by atoms with van der Waals surface area (Å²) in [4.78, 5) is 35.9. The minimum atomic E-state index is -0.422. The van der Waals surface area contributed by atoms with Crippen molar-refractivity contribution >= 4 is 23.1 Å². The molecule has 240 valence electrons. The topological polar surface area (TPSA) is 75.4 Å². The zero-order valence-corrected chi connectivity index (χ0v) is 27.5. The number of halogens is 1. The number of likely N-dealkylation sites (tertiary alicyclic amines) is 1. The third kappa shape index (κ3) is 5.44. The fraction of sp³-hybridized carbons (Fsp3) is 0.432. The summed E-state index contributed by atoms with van der Waals surface area (Å²) < 4.78 is 19.1. The zero-order chi connectivity index (χ0) is 32.3. The van der Waals surface area contributed by atoms with Gasteiger partial charge in [0.1, 0.15) is 23.0 Å². The molecule has 1 fully saturated rings. The molecular weight excluding hydrogens is 579 g/mol. The van der Waals surface area contributed by atoms with E-state index in [0.29, 0.717) is 59.4 Å². The van der Waals surface area contributed by atoms with Gasteiger partial charge in [0.2, 0.25) is 0 Å². The van der Waals surface area contributed by atoms with Crippen molar-refractivity contribution < 1.29 is 9.18 Å². The molecule has 1 saturated heterocycles. The van der Waals surface area contributed by atoms with Crippen LogP contribution in [0.4, 0.5) is 21.6 Å². The fourth-order valence-corrected chi connectivity index (χ4v) is 7.78. The molecule has 8 nitrogen and oxygen atoms in total. The van der Waals surface area contributed by atoms with Gasteiger partial charge in [-0.3, -0.25) is 9.59 Å². The Kier molecular flexibility index (Phi) is 7.62. The molecule has 0 spiro atoms. The van der Waals surface area contributed by atoms with Crippen molar-refractivity contribution in [2.45, 2.75) is 65.3 Å². The van der Waals surface area contributed by atoms with Gasteiger partial charge in [-0.2, -0.15) is 0 Å². The van der Waals surface area contributed by atoms with Crippen LogP contribution in [0.5, 0.6) is 0 Å². The van der Waals surface area contributed by atoms with Crippen LogP contribution < -0.4 is 15.8 Å². The normalized spacial score (nSPS) is 18.1. The monoisotopic (exact) mass is 622 g/mol. The van der Waals surface area contributed by atoms with Crippen LogP contribution in [0.1, 0.15) is 72.4 Å². The van der Waals surface area contributed by atoms with Crippen LogP contribution in [0.3, 0.4) is 0 Å². The average molecular weight is 623 g/mol. The van der Waals surface area contributed by atoms with E-state index < -0.39 is 5.82 Å². The zero-order valence-electron chi connectivity index (χ0n) is 27.5. The molecule has 4 aromatic rings. The van der Waals surface area contributed by atoms with Crippen LogP contribution in [0, 0.1) is 11.2 Å². The molecule has 9 heteroatoms. The Hall–Kier alpha value is -4.24. The van der Waals surface area contributed by atoms with Gasteiger partial charge < -0.3 is 24.3 Å². The number of amides is 1. The maximum absolute atomic E-state index is 15.4. The number of rotatable bonds is 6. The summed E-state index contributed by atoms with van der Waals surface area (Å²) >= 11 is 0. The van der Waals surface area contributed by atoms with Crippen molar-refractivity contribution in [3.8, 4) is 11.1 Å². The third-order valence-electron chi connectivity index (χ3n) is 10.2. The number of aryl methyl sites for hydroxylation is 1. The SMILES string of the molecule is CCc1c(-c2cc(Nc3ccc(C4CCN(C)CC4)cn3)c(=O)n(C)c2)cc(F)cc1N1CCn2c(cc3c2CC(C)(C)C3)C1=O. The van der Waals surface area contributed by atoms with E-state index in [0.717, 1.165) is 44.3 Å². The Bertz CT molecular complexity index is 1880. The van der Waals surface area contributed by atoms with E-state index in [1.165, 1.54) is 33.5 Å². The summed E-state index contributed by atoms with van der Waals surface area (Å²) in [6, 6.07) is 10.8. The lowest BCUT2D eigenvalue weighted by Gasteiger charge is -2.32. The molecule has 3 aliphatic rings. The number of hydrogen-bond donors (Lipinski definition) is 1. The number of carbonyl (C=O) groups excluding carboxylic acids is 1. The Labute approximate surface area is 269 Å². The number of pyridine rings is 2. The van der Waals surface area contributed by atoms with Gasteiger partial charge in [0.15, 0.2) is 0 Å². The second kappa shape index (κ2) is 11.5. The second-order valence-electron chi connectivity index (χ2n) is 14.2. The second-order valence-corrected chi connectivity index (χ2v) is 14.2. The van der Waals surface area contributed by atoms with Crippen molar-refractivity contribution in [3.05, 3.63) is 93.0 Å². The van der Waals surface area contributed by atoms with Crippen LogP contribution in [0.25, 0.3) is 11.1 Å². The Morgan fingerprint density at radius 1 is 1.00 bits per heavy atom. The summed E-state index contributed by atoms with van der Waals surface area (Å²) in [5.74, 6) is 0.559. The number of aromatic nitrogens is 3. The van der Waals surface area contributed by atoms with E-state index in [4.69, 9.17) is 0 Å². The first-order valence-electron chi connectivity index (χ1n) is 16.5. The van der Waals surface area contributed by atoms with Crippen molar-refractivity contribution in [1.29, 1.82) is 0 Å². The lowest BCUT2D eigenvalue weighted by molar-refractivity contribution is 0.0964. The minimum absolute atomic E-state index is 0.0951. The number of carbonyl (C=O) groups is 1. The molecule has 1 amide bonds. The van der Waals surface area contributed by atoms with Gasteiger partial charge >= 0.3 is 0 Å². The fourth-order valence-electron chi connectivity index (χ4n) is 7.78. The van der Waals surface area contributed by atoms with Gasteiger partial charge in [-0.25, -0.2) is 9.37 Å². The molecule has 3 aromatic heterocycles. The molecule has 46 heavy (non-hydrogen) atoms. The van der Waals surface area contributed by atoms with Crippen LogP contribution in [0.15, 0.2) is 53.6 Å². The van der Waals surface area contributed by atoms with Gasteiger partial charge in [-0.1, -0.05) is 26.8 Å². The van der Waals surface area contributed by atoms with Crippen molar-refractivity contribution in [3.63, 3.8) is 0 Å². The molecule has 1 aliphatic carbocycles. The van der Waals surface area contributed by atoms with Crippen molar-refractivity contribution in [1.82, 2.24) is 19.0 Å². The maximum Gasteiger partial charge on any atom is 0.274 e. The highest BCUT2D eigenvalue weighted by atomic mass is 19.1. The van der Waals surface area contributed by atoms with E-state index in [2.05, 4.69) is 46.7 Å². The number of nitrogens with one attached hydrogen (secondary N) is 1. The van der Waals surface area contributed by atoms with Gasteiger partial charge in [0, 0.05) is 43.8 Å². The summed E-state index contributed by atoms with van der Waals surface area (Å²) in [6.45, 7) is 9.86. The first kappa shape index (κ1) is 30.4. The summed E-state index contributed by atoms with van der Waals surface area (Å²) in [5.41, 5.74) is 7.59. The highest BCUT2D eigenvalue weighted by Crippen LogP contribution is 2.41. The molecule has 2 aliphatic heterocycles. The average Bonchev–Trinajstić information content (AvgIpc) is 3.52. The molecule has 0 bridgehead atoms. The van der Waals surface area contributed by atoms with Crippen LogP contribution in [-0.4, -0.2) is 51.6 Å². The molecule has 5 heterocycles. The van der Waals surface area contributed by atoms with Crippen molar-refractivity contribution in [2.24, 2.45) is 12.5 Å².